The van der Waals surface area contributed by atoms with Crippen LogP contribution in [0.5, 0.6) is 0 Å². The van der Waals surface area contributed by atoms with Crippen LogP contribution in [0.1, 0.15) is 21.3 Å². The van der Waals surface area contributed by atoms with Crippen molar-refractivity contribution in [3.63, 3.8) is 0 Å². The lowest BCUT2D eigenvalue weighted by molar-refractivity contribution is -0.120. The van der Waals surface area contributed by atoms with Gasteiger partial charge in [-0.2, -0.15) is 5.10 Å². The Bertz CT molecular complexity index is 1500. The van der Waals surface area contributed by atoms with E-state index >= 15 is 0 Å². The predicted octanol–water partition coefficient (Wildman–Crippen LogP) is 2.58. The fraction of sp³-hybridized carbons (Fsp3) is 0.174. The number of hydrogen-bond acceptors (Lipinski definition) is 6. The van der Waals surface area contributed by atoms with Crippen LogP contribution in [0.2, 0.25) is 0 Å². The quantitative estimate of drug-likeness (QED) is 0.363. The van der Waals surface area contributed by atoms with Gasteiger partial charge in [-0.15, -0.1) is 16.4 Å². The summed E-state index contributed by atoms with van der Waals surface area (Å²) < 4.78 is 2.01. The average Bonchev–Trinajstić information content (AvgIpc) is 3.64. The Kier molecular flexibility index (Phi) is 4.77. The third-order valence-corrected chi connectivity index (χ3v) is 6.88. The van der Waals surface area contributed by atoms with Crippen LogP contribution >= 0.6 is 11.3 Å². The zero-order valence-corrected chi connectivity index (χ0v) is 19.0. The molecule has 1 aliphatic heterocycles. The first-order valence-corrected chi connectivity index (χ1v) is 11.6. The first-order chi connectivity index (χ1) is 16.6. The Balaban J connectivity index is 1.30. The smallest absolute Gasteiger partial charge is 0.291 e. The Morgan fingerprint density at radius 3 is 2.94 bits per heavy atom. The number of hydrogen-bond donors (Lipinski definition) is 3. The fourth-order valence-electron chi connectivity index (χ4n) is 4.39. The van der Waals surface area contributed by atoms with Gasteiger partial charge in [-0.3, -0.25) is 19.8 Å². The Hall–Kier alpha value is -4.25. The molecule has 4 aromatic heterocycles. The lowest BCUT2D eigenvalue weighted by Crippen LogP contribution is -2.48. The Morgan fingerprint density at radius 2 is 2.15 bits per heavy atom. The van der Waals surface area contributed by atoms with Gasteiger partial charge < -0.3 is 14.8 Å². The highest BCUT2D eigenvalue weighted by Gasteiger charge is 2.32. The zero-order valence-electron chi connectivity index (χ0n) is 18.1. The minimum absolute atomic E-state index is 0.0135. The highest BCUT2D eigenvalue weighted by molar-refractivity contribution is 7.09. The summed E-state index contributed by atoms with van der Waals surface area (Å²) in [5.74, 6) is -0.0919. The molecule has 0 bridgehead atoms. The van der Waals surface area contributed by atoms with Gasteiger partial charge in [0.15, 0.2) is 0 Å². The summed E-state index contributed by atoms with van der Waals surface area (Å²) in [6.45, 7) is 0.281. The van der Waals surface area contributed by atoms with Gasteiger partial charge in [-0.1, -0.05) is 18.2 Å². The van der Waals surface area contributed by atoms with E-state index in [1.54, 1.807) is 29.5 Å². The summed E-state index contributed by atoms with van der Waals surface area (Å²) in [4.78, 5) is 33.3. The molecule has 0 saturated heterocycles. The number of benzene rings is 1. The van der Waals surface area contributed by atoms with E-state index in [1.165, 1.54) is 0 Å². The van der Waals surface area contributed by atoms with Crippen LogP contribution in [0.25, 0.3) is 22.2 Å². The average molecular weight is 473 g/mol. The van der Waals surface area contributed by atoms with Gasteiger partial charge in [-0.05, 0) is 23.6 Å². The van der Waals surface area contributed by atoms with Crippen molar-refractivity contribution < 1.29 is 9.59 Å². The molecule has 6 rings (SSSR count). The number of likely N-dealkylation sites (N-methyl/N-ethyl adjacent to an activating group) is 1. The van der Waals surface area contributed by atoms with E-state index in [0.29, 0.717) is 12.2 Å². The van der Waals surface area contributed by atoms with Crippen molar-refractivity contribution in [1.29, 1.82) is 0 Å². The van der Waals surface area contributed by atoms with E-state index in [1.807, 2.05) is 52.5 Å². The summed E-state index contributed by atoms with van der Waals surface area (Å²) in [6, 6.07) is 10.9. The predicted molar refractivity (Wildman–Crippen MR) is 128 cm³/mol. The van der Waals surface area contributed by atoms with Gasteiger partial charge in [0, 0.05) is 41.7 Å². The number of aromatic nitrogens is 6. The van der Waals surface area contributed by atoms with Crippen LogP contribution in [0.15, 0.2) is 54.2 Å². The number of amides is 2. The number of aromatic amines is 2. The van der Waals surface area contributed by atoms with Crippen molar-refractivity contribution in [3.05, 3.63) is 70.7 Å². The van der Waals surface area contributed by atoms with Crippen LogP contribution in [0.3, 0.4) is 0 Å². The van der Waals surface area contributed by atoms with E-state index in [9.17, 15) is 9.59 Å². The van der Waals surface area contributed by atoms with Gasteiger partial charge in [0.2, 0.25) is 5.82 Å². The number of carbonyl (C=O) groups excluding carboxylic acids is 2. The lowest BCUT2D eigenvalue weighted by atomic mass is 10.1. The second kappa shape index (κ2) is 7.96. The number of anilines is 1. The molecule has 1 aliphatic rings. The fourth-order valence-corrected chi connectivity index (χ4v) is 5.10. The van der Waals surface area contributed by atoms with E-state index in [4.69, 9.17) is 0 Å². The first-order valence-electron chi connectivity index (χ1n) is 10.7. The molecule has 1 aromatic carbocycles. The lowest BCUT2D eigenvalue weighted by Gasteiger charge is -2.21. The van der Waals surface area contributed by atoms with Gasteiger partial charge in [-0.25, -0.2) is 4.98 Å². The maximum absolute atomic E-state index is 13.3. The van der Waals surface area contributed by atoms with Crippen LogP contribution in [-0.2, 0) is 17.8 Å². The molecule has 5 heterocycles. The maximum atomic E-state index is 13.3. The molecule has 5 aromatic rings. The summed E-state index contributed by atoms with van der Waals surface area (Å²) in [6.07, 6.45) is 4.26. The molecule has 0 unspecified atom stereocenters. The highest BCUT2D eigenvalue weighted by atomic mass is 32.1. The normalized spacial score (nSPS) is 15.6. The van der Waals surface area contributed by atoms with Crippen LogP contribution < -0.4 is 10.2 Å². The van der Waals surface area contributed by atoms with Crippen molar-refractivity contribution in [3.8, 4) is 11.3 Å². The van der Waals surface area contributed by atoms with Gasteiger partial charge in [0.1, 0.15) is 11.9 Å². The van der Waals surface area contributed by atoms with Crippen molar-refractivity contribution in [2.75, 3.05) is 11.9 Å². The monoisotopic (exact) mass is 472 g/mol. The molecule has 1 atom stereocenters. The van der Waals surface area contributed by atoms with Crippen LogP contribution in [0.4, 0.5) is 5.69 Å². The number of rotatable bonds is 5. The molecule has 0 fully saturated rings. The van der Waals surface area contributed by atoms with Gasteiger partial charge >= 0.3 is 0 Å². The molecular weight excluding hydrogens is 452 g/mol. The highest BCUT2D eigenvalue weighted by Crippen LogP contribution is 2.36. The largest absolute Gasteiger partial charge is 0.342 e. The second-order valence-electron chi connectivity index (χ2n) is 8.12. The summed E-state index contributed by atoms with van der Waals surface area (Å²) in [5, 5.41) is 19.8. The third kappa shape index (κ3) is 3.37. The first kappa shape index (κ1) is 20.4. The zero-order chi connectivity index (χ0) is 23.2. The van der Waals surface area contributed by atoms with Crippen molar-refractivity contribution in [1.82, 2.24) is 35.3 Å². The number of thiophene rings is 1. The maximum Gasteiger partial charge on any atom is 0.291 e. The molecule has 170 valence electrons. The minimum Gasteiger partial charge on any atom is -0.342 e. The molecule has 0 saturated carbocycles. The van der Waals surface area contributed by atoms with Gasteiger partial charge in [0.05, 0.1) is 23.4 Å². The summed E-state index contributed by atoms with van der Waals surface area (Å²) in [7, 11) is 1.72. The third-order valence-electron chi connectivity index (χ3n) is 6.00. The SMILES string of the molecule is CN1C(=O)[C@@H](NC(=O)c2n[nH]c(Cc3cccs3)n2)Cn2cc(-c3ccn[nH]3)c3cccc1c32. The standard InChI is InChI=1S/C23H20N8O2S/c1-30-18-6-2-5-14-15(16-7-8-24-27-16)11-31(20(14)18)12-17(23(30)33)25-22(32)21-26-19(28-29-21)10-13-4-3-9-34-13/h2-9,11,17H,10,12H2,1H3,(H,24,27)(H,25,32)(H,26,28,29)/t17-/m0/s1. The summed E-state index contributed by atoms with van der Waals surface area (Å²) >= 11 is 1.61. The molecule has 34 heavy (non-hydrogen) atoms. The van der Waals surface area contributed by atoms with Crippen molar-refractivity contribution in [2.24, 2.45) is 0 Å². The molecule has 0 radical (unpaired) electrons. The molecule has 10 nitrogen and oxygen atoms in total. The van der Waals surface area contributed by atoms with E-state index in [-0.39, 0.29) is 18.3 Å². The molecule has 0 spiro atoms. The molecule has 3 N–H and O–H groups in total. The number of para-hydroxylation sites is 1. The number of nitrogens with zero attached hydrogens (tertiary/aromatic N) is 5. The molecule has 0 aliphatic carbocycles. The molecule has 11 heteroatoms. The van der Waals surface area contributed by atoms with E-state index in [0.717, 1.165) is 32.7 Å². The van der Waals surface area contributed by atoms with Crippen molar-refractivity contribution in [2.45, 2.75) is 19.0 Å². The topological polar surface area (TPSA) is 125 Å². The van der Waals surface area contributed by atoms with Crippen LogP contribution in [-0.4, -0.2) is 54.8 Å². The van der Waals surface area contributed by atoms with Crippen LogP contribution in [0, 0.1) is 0 Å². The van der Waals surface area contributed by atoms with Gasteiger partial charge in [0.25, 0.3) is 11.8 Å². The molecule has 2 amide bonds. The molecular formula is C23H20N8O2S. The number of H-pyrrole nitrogens is 2. The second-order valence-corrected chi connectivity index (χ2v) is 9.16. The minimum atomic E-state index is -0.783. The Morgan fingerprint density at radius 1 is 1.24 bits per heavy atom. The Labute approximate surface area is 197 Å². The number of carbonyl (C=O) groups is 2. The summed E-state index contributed by atoms with van der Waals surface area (Å²) in [5.41, 5.74) is 3.57. The number of nitrogens with one attached hydrogen (secondary N) is 3. The van der Waals surface area contributed by atoms with E-state index in [2.05, 4.69) is 30.7 Å². The van der Waals surface area contributed by atoms with Crippen molar-refractivity contribution >= 4 is 39.7 Å². The van der Waals surface area contributed by atoms with E-state index < -0.39 is 11.9 Å².